The molecule has 0 saturated carbocycles. The molecule has 1 aromatic carbocycles. The Hall–Kier alpha value is -1.18. The largest absolute Gasteiger partial charge is 0.504 e. The number of aromatic hydroxyl groups is 1. The molecular weight excluding hydrogens is 164 g/mol. The highest BCUT2D eigenvalue weighted by atomic mass is 16.5. The van der Waals surface area contributed by atoms with Crippen LogP contribution in [0.25, 0.3) is 0 Å². The lowest BCUT2D eigenvalue weighted by Gasteiger charge is -2.05. The predicted molar refractivity (Wildman–Crippen MR) is 55.4 cm³/mol. The van der Waals surface area contributed by atoms with Crippen LogP contribution in [-0.4, -0.2) is 12.2 Å². The van der Waals surface area contributed by atoms with Crippen molar-refractivity contribution in [3.8, 4) is 11.5 Å². The second kappa shape index (κ2) is 5.46. The molecule has 1 aromatic rings. The van der Waals surface area contributed by atoms with Gasteiger partial charge in [-0.3, -0.25) is 0 Å². The van der Waals surface area contributed by atoms with E-state index in [1.54, 1.807) is 13.2 Å². The van der Waals surface area contributed by atoms with E-state index in [-0.39, 0.29) is 13.2 Å². The van der Waals surface area contributed by atoms with Crippen molar-refractivity contribution in [2.24, 2.45) is 0 Å². The van der Waals surface area contributed by atoms with E-state index in [2.05, 4.69) is 6.92 Å². The van der Waals surface area contributed by atoms with Gasteiger partial charge in [-0.25, -0.2) is 0 Å². The molecule has 2 nitrogen and oxygen atoms in total. The molecule has 0 saturated heterocycles. The van der Waals surface area contributed by atoms with Crippen LogP contribution in [-0.2, 0) is 6.42 Å². The first kappa shape index (κ1) is 11.8. The van der Waals surface area contributed by atoms with Crippen molar-refractivity contribution in [3.63, 3.8) is 0 Å². The fourth-order valence-electron chi connectivity index (χ4n) is 1.17. The third-order valence-corrected chi connectivity index (χ3v) is 1.78. The third kappa shape index (κ3) is 2.98. The van der Waals surface area contributed by atoms with E-state index in [1.165, 1.54) is 5.56 Å². The predicted octanol–water partition coefficient (Wildman–Crippen LogP) is 2.99. The number of aryl methyl sites for hydroxylation is 1. The molecule has 0 fully saturated rings. The van der Waals surface area contributed by atoms with Crippen LogP contribution in [0.3, 0.4) is 0 Å². The quantitative estimate of drug-likeness (QED) is 0.778. The van der Waals surface area contributed by atoms with E-state index < -0.39 is 0 Å². The zero-order chi connectivity index (χ0) is 8.97. The van der Waals surface area contributed by atoms with Gasteiger partial charge in [0.15, 0.2) is 11.5 Å². The highest BCUT2D eigenvalue weighted by Crippen LogP contribution is 2.26. The monoisotopic (exact) mass is 182 g/mol. The van der Waals surface area contributed by atoms with Gasteiger partial charge in [0, 0.05) is 0 Å². The summed E-state index contributed by atoms with van der Waals surface area (Å²) in [6, 6.07) is 5.46. The van der Waals surface area contributed by atoms with Gasteiger partial charge in [-0.2, -0.15) is 0 Å². The lowest BCUT2D eigenvalue weighted by Crippen LogP contribution is -1.87. The molecule has 0 unspecified atom stereocenters. The fraction of sp³-hybridized carbons (Fsp3) is 0.455. The van der Waals surface area contributed by atoms with Crippen LogP contribution in [0.1, 0.15) is 26.3 Å². The molecule has 0 aliphatic rings. The molecule has 0 aromatic heterocycles. The first-order chi connectivity index (χ1) is 5.77. The summed E-state index contributed by atoms with van der Waals surface area (Å²) in [5, 5.41) is 9.28. The molecule has 2 heteroatoms. The van der Waals surface area contributed by atoms with Crippen LogP contribution in [0.4, 0.5) is 0 Å². The Balaban J connectivity index is 0.00000144. The average Bonchev–Trinajstić information content (AvgIpc) is 2.09. The van der Waals surface area contributed by atoms with Crippen molar-refractivity contribution >= 4 is 0 Å². The SMILES string of the molecule is C.CCCc1ccc(O)c(OC)c1. The van der Waals surface area contributed by atoms with Gasteiger partial charge in [-0.05, 0) is 24.1 Å². The molecule has 1 rings (SSSR count). The average molecular weight is 182 g/mol. The second-order valence-electron chi connectivity index (χ2n) is 2.76. The molecule has 0 atom stereocenters. The highest BCUT2D eigenvalue weighted by Gasteiger charge is 2.00. The molecule has 0 bridgehead atoms. The van der Waals surface area contributed by atoms with Gasteiger partial charge in [-0.15, -0.1) is 0 Å². The number of phenolic OH excluding ortho intramolecular Hbond substituents is 1. The Bertz CT molecular complexity index is 256. The summed E-state index contributed by atoms with van der Waals surface area (Å²) in [5.74, 6) is 0.762. The zero-order valence-electron chi connectivity index (χ0n) is 7.50. The minimum absolute atomic E-state index is 0. The minimum atomic E-state index is 0. The van der Waals surface area contributed by atoms with Crippen molar-refractivity contribution in [2.75, 3.05) is 7.11 Å². The van der Waals surface area contributed by atoms with Crippen molar-refractivity contribution in [1.29, 1.82) is 0 Å². The third-order valence-electron chi connectivity index (χ3n) is 1.78. The Morgan fingerprint density at radius 3 is 2.62 bits per heavy atom. The number of phenols is 1. The maximum Gasteiger partial charge on any atom is 0.160 e. The Labute approximate surface area is 80.2 Å². The van der Waals surface area contributed by atoms with Crippen molar-refractivity contribution in [2.45, 2.75) is 27.2 Å². The van der Waals surface area contributed by atoms with Crippen molar-refractivity contribution in [3.05, 3.63) is 23.8 Å². The number of methoxy groups -OCH3 is 1. The first-order valence-corrected chi connectivity index (χ1v) is 4.13. The number of hydrogen-bond acceptors (Lipinski definition) is 2. The Morgan fingerprint density at radius 2 is 2.08 bits per heavy atom. The van der Waals surface area contributed by atoms with Crippen molar-refractivity contribution in [1.82, 2.24) is 0 Å². The van der Waals surface area contributed by atoms with Gasteiger partial charge in [0.05, 0.1) is 7.11 Å². The number of rotatable bonds is 3. The molecule has 0 aliphatic carbocycles. The maximum absolute atomic E-state index is 9.28. The highest BCUT2D eigenvalue weighted by molar-refractivity contribution is 5.41. The van der Waals surface area contributed by atoms with Gasteiger partial charge >= 0.3 is 0 Å². The molecule has 0 spiro atoms. The van der Waals surface area contributed by atoms with E-state index in [4.69, 9.17) is 4.74 Å². The summed E-state index contributed by atoms with van der Waals surface area (Å²) in [4.78, 5) is 0. The van der Waals surface area contributed by atoms with Crippen LogP contribution in [0.5, 0.6) is 11.5 Å². The number of hydrogen-bond donors (Lipinski definition) is 1. The lowest BCUT2D eigenvalue weighted by molar-refractivity contribution is 0.373. The normalized spacial score (nSPS) is 9.08. The van der Waals surface area contributed by atoms with E-state index >= 15 is 0 Å². The lowest BCUT2D eigenvalue weighted by atomic mass is 10.1. The molecule has 1 N–H and O–H groups in total. The molecule has 13 heavy (non-hydrogen) atoms. The summed E-state index contributed by atoms with van der Waals surface area (Å²) in [6.07, 6.45) is 2.13. The smallest absolute Gasteiger partial charge is 0.160 e. The van der Waals surface area contributed by atoms with Gasteiger partial charge in [0.25, 0.3) is 0 Å². The fourth-order valence-corrected chi connectivity index (χ4v) is 1.17. The van der Waals surface area contributed by atoms with Gasteiger partial charge in [0.1, 0.15) is 0 Å². The Kier molecular flexibility index (Phi) is 4.97. The van der Waals surface area contributed by atoms with E-state index in [1.807, 2.05) is 12.1 Å². The van der Waals surface area contributed by atoms with Gasteiger partial charge < -0.3 is 9.84 Å². The zero-order valence-corrected chi connectivity index (χ0v) is 7.50. The van der Waals surface area contributed by atoms with E-state index in [0.29, 0.717) is 5.75 Å². The minimum Gasteiger partial charge on any atom is -0.504 e. The number of benzene rings is 1. The van der Waals surface area contributed by atoms with Crippen LogP contribution in [0.2, 0.25) is 0 Å². The molecule has 0 amide bonds. The summed E-state index contributed by atoms with van der Waals surface area (Å²) < 4.78 is 4.98. The molecule has 0 radical (unpaired) electrons. The van der Waals surface area contributed by atoms with Crippen molar-refractivity contribution < 1.29 is 9.84 Å². The molecular formula is C11H18O2. The van der Waals surface area contributed by atoms with E-state index in [0.717, 1.165) is 12.8 Å². The van der Waals surface area contributed by atoms with Crippen LogP contribution in [0, 0.1) is 0 Å². The number of ether oxygens (including phenoxy) is 1. The summed E-state index contributed by atoms with van der Waals surface area (Å²) >= 11 is 0. The van der Waals surface area contributed by atoms with Crippen LogP contribution < -0.4 is 4.74 Å². The summed E-state index contributed by atoms with van der Waals surface area (Å²) in [7, 11) is 1.56. The molecule has 0 aliphatic heterocycles. The van der Waals surface area contributed by atoms with E-state index in [9.17, 15) is 5.11 Å². The second-order valence-corrected chi connectivity index (χ2v) is 2.76. The maximum atomic E-state index is 9.28. The summed E-state index contributed by atoms with van der Waals surface area (Å²) in [6.45, 7) is 2.12. The Morgan fingerprint density at radius 1 is 1.38 bits per heavy atom. The van der Waals surface area contributed by atoms with Crippen LogP contribution in [0.15, 0.2) is 18.2 Å². The standard InChI is InChI=1S/C10H14O2.CH4/c1-3-4-8-5-6-9(11)10(7-8)12-2;/h5-7,11H,3-4H2,1-2H3;1H4. The van der Waals surface area contributed by atoms with Gasteiger partial charge in [-0.1, -0.05) is 26.8 Å². The molecule has 74 valence electrons. The first-order valence-electron chi connectivity index (χ1n) is 4.13. The summed E-state index contributed by atoms with van der Waals surface area (Å²) in [5.41, 5.74) is 1.20. The van der Waals surface area contributed by atoms with Crippen LogP contribution >= 0.6 is 0 Å². The van der Waals surface area contributed by atoms with Gasteiger partial charge in [0.2, 0.25) is 0 Å². The molecule has 0 heterocycles. The topological polar surface area (TPSA) is 29.5 Å².